The molecule has 108 valence electrons. The van der Waals surface area contributed by atoms with Crippen LogP contribution in [0.25, 0.3) is 0 Å². The van der Waals surface area contributed by atoms with Crippen LogP contribution >= 0.6 is 0 Å². The molecule has 2 aliphatic rings. The van der Waals surface area contributed by atoms with Crippen molar-refractivity contribution < 1.29 is 14.7 Å². The molecule has 20 heavy (non-hydrogen) atoms. The quantitative estimate of drug-likeness (QED) is 0.589. The van der Waals surface area contributed by atoms with Gasteiger partial charge in [-0.05, 0) is 19.3 Å². The van der Waals surface area contributed by atoms with Gasteiger partial charge < -0.3 is 20.7 Å². The van der Waals surface area contributed by atoms with Crippen LogP contribution in [0.2, 0.25) is 0 Å². The van der Waals surface area contributed by atoms with E-state index in [1.165, 1.54) is 6.33 Å². The summed E-state index contributed by atoms with van der Waals surface area (Å²) in [4.78, 5) is 30.2. The highest BCUT2D eigenvalue weighted by Gasteiger charge is 2.43. The fraction of sp³-hybridized carbons (Fsp3) is 0.615. The highest BCUT2D eigenvalue weighted by molar-refractivity contribution is 5.86. The molecule has 4 atom stereocenters. The van der Waals surface area contributed by atoms with E-state index in [1.54, 1.807) is 6.20 Å². The van der Waals surface area contributed by atoms with Crippen molar-refractivity contribution >= 4 is 11.9 Å². The Hall–Kier alpha value is -1.89. The van der Waals surface area contributed by atoms with Gasteiger partial charge in [-0.15, -0.1) is 0 Å². The number of rotatable bonds is 5. The number of hydrogen-bond donors (Lipinski definition) is 4. The Morgan fingerprint density at radius 2 is 2.35 bits per heavy atom. The van der Waals surface area contributed by atoms with E-state index >= 15 is 0 Å². The van der Waals surface area contributed by atoms with Crippen molar-refractivity contribution in [2.45, 2.75) is 43.8 Å². The third-order valence-electron chi connectivity index (χ3n) is 4.23. The van der Waals surface area contributed by atoms with Crippen LogP contribution in [0, 0.1) is 5.92 Å². The molecule has 0 saturated carbocycles. The molecule has 3 heterocycles. The fourth-order valence-electron chi connectivity index (χ4n) is 3.21. The van der Waals surface area contributed by atoms with E-state index < -0.39 is 12.0 Å². The third kappa shape index (κ3) is 2.53. The Kier molecular flexibility index (Phi) is 3.43. The zero-order chi connectivity index (χ0) is 14.1. The molecule has 2 bridgehead atoms. The molecule has 7 heteroatoms. The molecule has 4 N–H and O–H groups in total. The smallest absolute Gasteiger partial charge is 0.326 e. The number of H-pyrrole nitrogens is 1. The SMILES string of the molecule is O=C(N[C@H](Cc1cnc[nH]1)C(=O)O)C1CC2CCC1N2. The zero-order valence-corrected chi connectivity index (χ0v) is 11.0. The summed E-state index contributed by atoms with van der Waals surface area (Å²) in [6, 6.07) is -0.282. The van der Waals surface area contributed by atoms with Crippen LogP contribution in [0.1, 0.15) is 25.0 Å². The molecule has 1 aromatic rings. The number of carboxylic acids is 1. The number of aromatic nitrogens is 2. The van der Waals surface area contributed by atoms with Gasteiger partial charge in [0.2, 0.25) is 5.91 Å². The first kappa shape index (κ1) is 13.1. The van der Waals surface area contributed by atoms with E-state index in [4.69, 9.17) is 0 Å². The topological polar surface area (TPSA) is 107 Å². The number of carboxylic acid groups (broad SMARTS) is 1. The van der Waals surface area contributed by atoms with E-state index in [2.05, 4.69) is 20.6 Å². The standard InChI is InChI=1S/C13H18N4O3/c18-12(9-3-7-1-2-10(9)16-7)17-11(13(19)20)4-8-5-14-6-15-8/h5-7,9-11,16H,1-4H2,(H,14,15)(H,17,18)(H,19,20)/t7?,9?,10?,11-/m1/s1. The van der Waals surface area contributed by atoms with Crippen molar-refractivity contribution in [1.29, 1.82) is 0 Å². The lowest BCUT2D eigenvalue weighted by atomic mass is 9.88. The first-order valence-corrected chi connectivity index (χ1v) is 6.90. The van der Waals surface area contributed by atoms with Gasteiger partial charge in [0.15, 0.2) is 0 Å². The monoisotopic (exact) mass is 278 g/mol. The van der Waals surface area contributed by atoms with Crippen molar-refractivity contribution in [3.63, 3.8) is 0 Å². The number of amides is 1. The molecule has 0 spiro atoms. The minimum absolute atomic E-state index is 0.0997. The number of aromatic amines is 1. The summed E-state index contributed by atoms with van der Waals surface area (Å²) >= 11 is 0. The maximum Gasteiger partial charge on any atom is 0.326 e. The van der Waals surface area contributed by atoms with Crippen LogP contribution in [0.4, 0.5) is 0 Å². The van der Waals surface area contributed by atoms with E-state index in [-0.39, 0.29) is 24.3 Å². The molecule has 2 saturated heterocycles. The van der Waals surface area contributed by atoms with Gasteiger partial charge >= 0.3 is 5.97 Å². The number of imidazole rings is 1. The number of fused-ring (bicyclic) bond motifs is 2. The van der Waals surface area contributed by atoms with Crippen LogP contribution in [0.3, 0.4) is 0 Å². The lowest BCUT2D eigenvalue weighted by Gasteiger charge is -2.22. The number of aliphatic carboxylic acids is 1. The summed E-state index contributed by atoms with van der Waals surface area (Å²) in [5, 5.41) is 15.3. The van der Waals surface area contributed by atoms with Crippen molar-refractivity contribution in [3.8, 4) is 0 Å². The normalized spacial score (nSPS) is 29.3. The molecule has 0 aromatic carbocycles. The van der Waals surface area contributed by atoms with Gasteiger partial charge in [0.25, 0.3) is 0 Å². The highest BCUT2D eigenvalue weighted by Crippen LogP contribution is 2.33. The molecular weight excluding hydrogens is 260 g/mol. The Morgan fingerprint density at radius 1 is 1.50 bits per heavy atom. The Balaban J connectivity index is 1.61. The second-order valence-corrected chi connectivity index (χ2v) is 5.57. The largest absolute Gasteiger partial charge is 0.480 e. The van der Waals surface area contributed by atoms with Crippen molar-refractivity contribution in [2.75, 3.05) is 0 Å². The van der Waals surface area contributed by atoms with Gasteiger partial charge in [-0.3, -0.25) is 4.79 Å². The lowest BCUT2D eigenvalue weighted by Crippen LogP contribution is -2.47. The van der Waals surface area contributed by atoms with Crippen LogP contribution < -0.4 is 10.6 Å². The molecule has 2 aliphatic heterocycles. The average Bonchev–Trinajstić information content (AvgIpc) is 3.14. The second-order valence-electron chi connectivity index (χ2n) is 5.57. The zero-order valence-electron chi connectivity index (χ0n) is 11.0. The van der Waals surface area contributed by atoms with E-state index in [9.17, 15) is 14.7 Å². The van der Waals surface area contributed by atoms with Gasteiger partial charge in [0.05, 0.1) is 12.2 Å². The van der Waals surface area contributed by atoms with E-state index in [1.807, 2.05) is 0 Å². The highest BCUT2D eigenvalue weighted by atomic mass is 16.4. The maximum atomic E-state index is 12.2. The molecule has 1 amide bonds. The summed E-state index contributed by atoms with van der Waals surface area (Å²) in [6.07, 6.45) is 6.21. The molecule has 3 unspecified atom stereocenters. The van der Waals surface area contributed by atoms with Gasteiger partial charge in [-0.1, -0.05) is 0 Å². The molecule has 3 rings (SSSR count). The predicted molar refractivity (Wildman–Crippen MR) is 69.9 cm³/mol. The molecule has 0 aliphatic carbocycles. The molecule has 2 fully saturated rings. The van der Waals surface area contributed by atoms with Crippen LogP contribution in [-0.2, 0) is 16.0 Å². The Bertz CT molecular complexity index is 502. The first-order chi connectivity index (χ1) is 9.63. The van der Waals surface area contributed by atoms with E-state index in [0.29, 0.717) is 11.7 Å². The molecular formula is C13H18N4O3. The van der Waals surface area contributed by atoms with Gasteiger partial charge in [0.1, 0.15) is 6.04 Å². The van der Waals surface area contributed by atoms with Gasteiger partial charge in [-0.25, -0.2) is 9.78 Å². The molecule has 0 radical (unpaired) electrons. The number of carbonyl (C=O) groups is 2. The number of hydrogen-bond acceptors (Lipinski definition) is 4. The summed E-state index contributed by atoms with van der Waals surface area (Å²) in [6.45, 7) is 0. The summed E-state index contributed by atoms with van der Waals surface area (Å²) in [5.41, 5.74) is 0.698. The van der Waals surface area contributed by atoms with E-state index in [0.717, 1.165) is 19.3 Å². The summed E-state index contributed by atoms with van der Waals surface area (Å²) in [7, 11) is 0. The fourth-order valence-corrected chi connectivity index (χ4v) is 3.21. The predicted octanol–water partition coefficient (Wildman–Crippen LogP) is -0.338. The van der Waals surface area contributed by atoms with Gasteiger partial charge in [-0.2, -0.15) is 0 Å². The first-order valence-electron chi connectivity index (χ1n) is 6.90. The van der Waals surface area contributed by atoms with Crippen molar-refractivity contribution in [2.24, 2.45) is 5.92 Å². The Morgan fingerprint density at radius 3 is 2.90 bits per heavy atom. The minimum atomic E-state index is -1.02. The number of nitrogens with zero attached hydrogens (tertiary/aromatic N) is 1. The van der Waals surface area contributed by atoms with Crippen LogP contribution in [0.15, 0.2) is 12.5 Å². The lowest BCUT2D eigenvalue weighted by molar-refractivity contribution is -0.142. The maximum absolute atomic E-state index is 12.2. The number of carbonyl (C=O) groups excluding carboxylic acids is 1. The summed E-state index contributed by atoms with van der Waals surface area (Å²) < 4.78 is 0. The Labute approximate surface area is 116 Å². The van der Waals surface area contributed by atoms with Crippen LogP contribution in [0.5, 0.6) is 0 Å². The van der Waals surface area contributed by atoms with Crippen LogP contribution in [-0.4, -0.2) is 45.1 Å². The summed E-state index contributed by atoms with van der Waals surface area (Å²) in [5.74, 6) is -1.28. The minimum Gasteiger partial charge on any atom is -0.480 e. The van der Waals surface area contributed by atoms with Crippen molar-refractivity contribution in [3.05, 3.63) is 18.2 Å². The molecule has 7 nitrogen and oxygen atoms in total. The average molecular weight is 278 g/mol. The van der Waals surface area contributed by atoms with Crippen molar-refractivity contribution in [1.82, 2.24) is 20.6 Å². The molecule has 1 aromatic heterocycles. The number of nitrogens with one attached hydrogen (secondary N) is 3. The second kappa shape index (κ2) is 5.24. The van der Waals surface area contributed by atoms with Gasteiger partial charge in [0, 0.05) is 30.4 Å². The third-order valence-corrected chi connectivity index (χ3v) is 4.23.